The van der Waals surface area contributed by atoms with Gasteiger partial charge in [-0.25, -0.2) is 0 Å². The highest BCUT2D eigenvalue weighted by molar-refractivity contribution is 7.86. The van der Waals surface area contributed by atoms with E-state index in [-0.39, 0.29) is 21.1 Å². The van der Waals surface area contributed by atoms with Gasteiger partial charge in [-0.1, -0.05) is 386 Å². The van der Waals surface area contributed by atoms with Crippen LogP contribution in [0.5, 0.6) is 0 Å². The summed E-state index contributed by atoms with van der Waals surface area (Å²) >= 11 is 0. The lowest BCUT2D eigenvalue weighted by Gasteiger charge is -2.32. The van der Waals surface area contributed by atoms with Crippen LogP contribution in [0.25, 0.3) is 21.5 Å². The van der Waals surface area contributed by atoms with Gasteiger partial charge in [0.25, 0.3) is 0 Å². The van der Waals surface area contributed by atoms with Crippen LogP contribution in [0.2, 0.25) is 0 Å². The highest BCUT2D eigenvalue weighted by Crippen LogP contribution is 2.57. The van der Waals surface area contributed by atoms with E-state index >= 15 is 0 Å². The largest absolute Gasteiger partial charge is 0.313 e. The van der Waals surface area contributed by atoms with Crippen LogP contribution < -0.4 is 53.0 Å². The van der Waals surface area contributed by atoms with Crippen molar-refractivity contribution in [3.05, 3.63) is 327 Å². The summed E-state index contributed by atoms with van der Waals surface area (Å²) in [5.41, 5.74) is 2.75. The molecule has 1 atom stereocenters. The van der Waals surface area contributed by atoms with Gasteiger partial charge in [0.2, 0.25) is 0 Å². The Morgan fingerprint density at radius 1 is 0.196 bits per heavy atom. The van der Waals surface area contributed by atoms with Gasteiger partial charge in [0.1, 0.15) is 14.3 Å². The molecule has 12 aromatic carbocycles. The van der Waals surface area contributed by atoms with Gasteiger partial charge in [-0.15, -0.1) is 0 Å². The normalized spacial score (nSPS) is 12.8. The Kier molecular flexibility index (Phi) is 21.2. The third-order valence-corrected chi connectivity index (χ3v) is 31.0. The van der Waals surface area contributed by atoms with E-state index < -0.39 is 28.6 Å². The monoisotopic (exact) mass is 1280 g/mol. The molecule has 0 bridgehead atoms. The van der Waals surface area contributed by atoms with Crippen molar-refractivity contribution in [2.75, 3.05) is 0 Å². The fourth-order valence-corrected chi connectivity index (χ4v) is 23.1. The van der Waals surface area contributed by atoms with Crippen LogP contribution in [0.1, 0.15) is 94.2 Å². The van der Waals surface area contributed by atoms with E-state index in [1.54, 1.807) is 0 Å². The van der Waals surface area contributed by atoms with Crippen LogP contribution in [0.15, 0.2) is 315 Å². The summed E-state index contributed by atoms with van der Waals surface area (Å²) in [5.74, 6) is 0. The van der Waals surface area contributed by atoms with Gasteiger partial charge in [0, 0.05) is 63.4 Å². The second-order valence-corrected chi connectivity index (χ2v) is 40.2. The number of hydrogen-bond acceptors (Lipinski definition) is 4. The lowest BCUT2D eigenvalue weighted by Crippen LogP contribution is -2.30. The van der Waals surface area contributed by atoms with Gasteiger partial charge in [0.05, 0.1) is 0 Å². The van der Waals surface area contributed by atoms with Crippen LogP contribution in [-0.2, 0) is 29.1 Å². The van der Waals surface area contributed by atoms with Crippen LogP contribution in [0.4, 0.5) is 0 Å². The maximum absolute atomic E-state index is 14.5. The van der Waals surface area contributed by atoms with E-state index in [1.165, 1.54) is 21.9 Å². The Hall–Kier alpha value is -7.92. The molecule has 4 nitrogen and oxygen atoms in total. The van der Waals surface area contributed by atoms with Gasteiger partial charge in [-0.2, -0.15) is 0 Å². The van der Waals surface area contributed by atoms with Crippen molar-refractivity contribution in [2.45, 2.75) is 104 Å². The number of rotatable bonds is 10. The van der Waals surface area contributed by atoms with Crippen LogP contribution in [-0.4, -0.2) is 10.3 Å². The van der Waals surface area contributed by atoms with Crippen molar-refractivity contribution >= 4 is 103 Å². The first-order valence-corrected chi connectivity index (χ1v) is 38.5. The zero-order chi connectivity index (χ0) is 66.0. The quantitative estimate of drug-likeness (QED) is 0.128. The van der Waals surface area contributed by atoms with Crippen LogP contribution >= 0.6 is 28.6 Å². The third kappa shape index (κ3) is 14.9. The minimum absolute atomic E-state index is 0.0853. The zero-order valence-corrected chi connectivity index (χ0v) is 59.0. The molecule has 0 fully saturated rings. The highest BCUT2D eigenvalue weighted by Gasteiger charge is 2.41. The molecule has 0 aliphatic rings. The Morgan fingerprint density at radius 2 is 0.424 bits per heavy atom. The second kappa shape index (κ2) is 28.5. The van der Waals surface area contributed by atoms with Gasteiger partial charge < -0.3 is 18.3 Å². The minimum Gasteiger partial charge on any atom is -0.313 e. The Balaban J connectivity index is 0.000000147. The van der Waals surface area contributed by atoms with Crippen LogP contribution in [0, 0.1) is 0 Å². The topological polar surface area (TPSA) is 68.3 Å². The molecule has 0 saturated carbocycles. The van der Waals surface area contributed by atoms with Crippen molar-refractivity contribution in [2.24, 2.45) is 0 Å². The van der Waals surface area contributed by atoms with Gasteiger partial charge >= 0.3 is 0 Å². The molecule has 0 N–H and O–H groups in total. The summed E-state index contributed by atoms with van der Waals surface area (Å²) in [5, 5.41) is 13.0. The molecule has 1 unspecified atom stereocenters. The van der Waals surface area contributed by atoms with Gasteiger partial charge in [-0.05, 0) is 55.6 Å². The summed E-state index contributed by atoms with van der Waals surface area (Å²) in [7, 11) is -11.1. The molecule has 0 saturated heterocycles. The first kappa shape index (κ1) is 68.4. The fourth-order valence-electron chi connectivity index (χ4n) is 11.6. The molecule has 0 radical (unpaired) electrons. The molecule has 12 rings (SSSR count). The van der Waals surface area contributed by atoms with Crippen molar-refractivity contribution in [3.63, 3.8) is 0 Å². The van der Waals surface area contributed by atoms with Crippen molar-refractivity contribution in [3.8, 4) is 0 Å². The highest BCUT2D eigenvalue weighted by atomic mass is 31.2. The third-order valence-electron chi connectivity index (χ3n) is 17.0. The maximum Gasteiger partial charge on any atom is 0.171 e. The van der Waals surface area contributed by atoms with Gasteiger partial charge in [0.15, 0.2) is 14.3 Å². The molecule has 468 valence electrons. The van der Waals surface area contributed by atoms with E-state index in [9.17, 15) is 18.3 Å². The Morgan fingerprint density at radius 3 is 0.783 bits per heavy atom. The average Bonchev–Trinajstić information content (AvgIpc) is 0.780. The molecule has 12 aromatic rings. The summed E-state index contributed by atoms with van der Waals surface area (Å²) < 4.78 is 56.4. The SMILES string of the molecule is CC(C)(C)P(=O)(c1ccccc1)c1ccc2ccccc2c1.CC(C)(C)P(=O)(c1ccccc1)c1ccccc1.CC(C)(C)c1ccc(P(=O)(c2ccccc2)c2ccccc2)cc1.CC(C)(C)c1ccc2cc(P(=O)(c3ccccc3)c3ccccc3)ccc2c1. The first-order valence-electron chi connectivity index (χ1n) is 31.7. The molecule has 0 heterocycles. The van der Waals surface area contributed by atoms with E-state index in [1.807, 2.05) is 269 Å². The van der Waals surface area contributed by atoms with Crippen LogP contribution in [0.3, 0.4) is 0 Å². The maximum atomic E-state index is 14.5. The standard InChI is InChI=1S/C26H25OP.C22H23OP.C20H21OP.C16H19OP/c1-26(2,3)22-16-14-21-19-25(17-15-20(21)18-22)28(27,23-10-6-4-7-11-23)24-12-8-5-9-13-24;1-22(2,3)18-14-16-21(17-15-18)24(23,19-10-6-4-7-11-19)20-12-8-5-9-13-20;1-20(2,3)22(21,18-11-5-4-6-12-18)19-14-13-16-9-7-8-10-17(16)15-19;1-16(2,3)18(17,14-10-6-4-7-11-14)15-12-8-5-9-13-15/h4-19H,1-3H3;4-17H,1-3H3;4-15H,1-3H3;4-13H,1-3H3. The number of fused-ring (bicyclic) bond motifs is 2. The predicted molar refractivity (Wildman–Crippen MR) is 403 cm³/mol. The number of hydrogen-bond donors (Lipinski definition) is 0. The Bertz CT molecular complexity index is 4440. The van der Waals surface area contributed by atoms with Crippen molar-refractivity contribution < 1.29 is 18.3 Å². The van der Waals surface area contributed by atoms with E-state index in [0.717, 1.165) is 63.8 Å². The minimum atomic E-state index is -2.93. The summed E-state index contributed by atoms with van der Waals surface area (Å²) in [6.45, 7) is 25.6. The summed E-state index contributed by atoms with van der Waals surface area (Å²) in [4.78, 5) is 0. The van der Waals surface area contributed by atoms with E-state index in [4.69, 9.17) is 0 Å². The van der Waals surface area contributed by atoms with Crippen molar-refractivity contribution in [1.29, 1.82) is 0 Å². The molecular weight excluding hydrogens is 1200 g/mol. The number of benzene rings is 12. The zero-order valence-electron chi connectivity index (χ0n) is 55.4. The molecule has 0 aliphatic heterocycles. The molecule has 0 aromatic heterocycles. The lowest BCUT2D eigenvalue weighted by molar-refractivity contribution is 0.563. The summed E-state index contributed by atoms with van der Waals surface area (Å²) in [6, 6.07) is 104. The van der Waals surface area contributed by atoms with Crippen molar-refractivity contribution in [1.82, 2.24) is 0 Å². The van der Waals surface area contributed by atoms with Gasteiger partial charge in [-0.3, -0.25) is 0 Å². The van der Waals surface area contributed by atoms with E-state index in [0.29, 0.717) is 0 Å². The summed E-state index contributed by atoms with van der Waals surface area (Å²) in [6.07, 6.45) is 0. The fraction of sp³-hybridized carbons (Fsp3) is 0.190. The smallest absolute Gasteiger partial charge is 0.171 e. The second-order valence-electron chi connectivity index (χ2n) is 27.5. The first-order chi connectivity index (χ1) is 43.7. The molecule has 92 heavy (non-hydrogen) atoms. The predicted octanol–water partition coefficient (Wildman–Crippen LogP) is 19.2. The molecule has 8 heteroatoms. The molecule has 0 amide bonds. The average molecular weight is 1290 g/mol. The molecule has 0 aliphatic carbocycles. The molecule has 0 spiro atoms. The lowest BCUT2D eigenvalue weighted by atomic mass is 9.86. The Labute approximate surface area is 548 Å². The van der Waals surface area contributed by atoms with E-state index in [2.05, 4.69) is 129 Å². The molecular formula is C84H88O4P4.